The first-order chi connectivity index (χ1) is 8.09. The molecule has 0 amide bonds. The van der Waals surface area contributed by atoms with Crippen LogP contribution in [0.3, 0.4) is 0 Å². The Morgan fingerprint density at radius 2 is 1.82 bits per heavy atom. The molecule has 0 aromatic heterocycles. The number of phenolic OH excluding ortho intramolecular Hbond substituents is 1. The van der Waals surface area contributed by atoms with Crippen LogP contribution in [0.2, 0.25) is 0 Å². The molecule has 2 nitrogen and oxygen atoms in total. The molecular formula is C13H8BrFO2. The van der Waals surface area contributed by atoms with Crippen LogP contribution in [-0.4, -0.2) is 10.9 Å². The molecule has 0 aliphatic carbocycles. The van der Waals surface area contributed by atoms with Crippen LogP contribution in [0.15, 0.2) is 46.9 Å². The number of hydrogen-bond acceptors (Lipinski definition) is 2. The molecule has 0 spiro atoms. The highest BCUT2D eigenvalue weighted by Crippen LogP contribution is 2.25. The molecular weight excluding hydrogens is 287 g/mol. The Kier molecular flexibility index (Phi) is 3.24. The molecule has 0 aliphatic rings. The van der Waals surface area contributed by atoms with E-state index in [2.05, 4.69) is 15.9 Å². The predicted octanol–water partition coefficient (Wildman–Crippen LogP) is 3.52. The molecule has 0 aliphatic heterocycles. The van der Waals surface area contributed by atoms with E-state index < -0.39 is 11.6 Å². The van der Waals surface area contributed by atoms with Crippen molar-refractivity contribution in [3.05, 3.63) is 63.9 Å². The minimum Gasteiger partial charge on any atom is -0.507 e. The summed E-state index contributed by atoms with van der Waals surface area (Å²) in [5, 5.41) is 9.55. The van der Waals surface area contributed by atoms with Crippen molar-refractivity contribution in [2.75, 3.05) is 0 Å². The standard InChI is InChI=1S/C13H8BrFO2/c14-11-4-2-1-3-9(11)13(17)10-7-8(15)5-6-12(10)16/h1-7,16H. The summed E-state index contributed by atoms with van der Waals surface area (Å²) in [7, 11) is 0. The highest BCUT2D eigenvalue weighted by molar-refractivity contribution is 9.10. The van der Waals surface area contributed by atoms with E-state index in [1.807, 2.05) is 0 Å². The number of benzene rings is 2. The lowest BCUT2D eigenvalue weighted by Gasteiger charge is -2.05. The van der Waals surface area contributed by atoms with Gasteiger partial charge in [-0.1, -0.05) is 28.1 Å². The molecule has 4 heteroatoms. The van der Waals surface area contributed by atoms with Crippen LogP contribution in [0, 0.1) is 5.82 Å². The molecule has 0 atom stereocenters. The molecule has 0 saturated heterocycles. The molecule has 2 aromatic carbocycles. The lowest BCUT2D eigenvalue weighted by molar-refractivity contribution is 0.103. The second kappa shape index (κ2) is 4.67. The van der Waals surface area contributed by atoms with Gasteiger partial charge >= 0.3 is 0 Å². The Bertz CT molecular complexity index is 581. The van der Waals surface area contributed by atoms with Gasteiger partial charge in [-0.3, -0.25) is 4.79 Å². The number of halogens is 2. The largest absolute Gasteiger partial charge is 0.507 e. The Hall–Kier alpha value is -1.68. The van der Waals surface area contributed by atoms with Crippen molar-refractivity contribution < 1.29 is 14.3 Å². The normalized spacial score (nSPS) is 10.2. The maximum absolute atomic E-state index is 13.0. The Labute approximate surface area is 106 Å². The molecule has 0 fully saturated rings. The van der Waals surface area contributed by atoms with Gasteiger partial charge in [0.05, 0.1) is 5.56 Å². The molecule has 0 radical (unpaired) electrons. The van der Waals surface area contributed by atoms with Gasteiger partial charge < -0.3 is 5.11 Å². The summed E-state index contributed by atoms with van der Waals surface area (Å²) in [6.07, 6.45) is 0. The van der Waals surface area contributed by atoms with Gasteiger partial charge in [0.15, 0.2) is 5.78 Å². The topological polar surface area (TPSA) is 37.3 Å². The Morgan fingerprint density at radius 3 is 2.53 bits per heavy atom. The van der Waals surface area contributed by atoms with Gasteiger partial charge in [0.25, 0.3) is 0 Å². The van der Waals surface area contributed by atoms with Crippen LogP contribution in [0.25, 0.3) is 0 Å². The van der Waals surface area contributed by atoms with Crippen molar-refractivity contribution in [3.63, 3.8) is 0 Å². The van der Waals surface area contributed by atoms with E-state index in [4.69, 9.17) is 0 Å². The van der Waals surface area contributed by atoms with Gasteiger partial charge in [-0.25, -0.2) is 4.39 Å². The zero-order chi connectivity index (χ0) is 12.4. The summed E-state index contributed by atoms with van der Waals surface area (Å²) < 4.78 is 13.7. The Balaban J connectivity index is 2.51. The number of carbonyl (C=O) groups is 1. The van der Waals surface area contributed by atoms with E-state index in [1.165, 1.54) is 6.07 Å². The maximum atomic E-state index is 13.0. The van der Waals surface area contributed by atoms with Crippen LogP contribution >= 0.6 is 15.9 Å². The minimum atomic E-state index is -0.557. The highest BCUT2D eigenvalue weighted by atomic mass is 79.9. The fourth-order valence-corrected chi connectivity index (χ4v) is 1.95. The summed E-state index contributed by atoms with van der Waals surface area (Å²) in [6.45, 7) is 0. The summed E-state index contributed by atoms with van der Waals surface area (Å²) in [5.41, 5.74) is 0.338. The van der Waals surface area contributed by atoms with Crippen molar-refractivity contribution >= 4 is 21.7 Å². The Morgan fingerprint density at radius 1 is 1.12 bits per heavy atom. The second-order valence-corrected chi connectivity index (χ2v) is 4.32. The number of rotatable bonds is 2. The van der Waals surface area contributed by atoms with Crippen LogP contribution in [-0.2, 0) is 0 Å². The zero-order valence-electron chi connectivity index (χ0n) is 8.65. The van der Waals surface area contributed by atoms with Crippen LogP contribution in [0.4, 0.5) is 4.39 Å². The summed E-state index contributed by atoms with van der Waals surface area (Å²) in [6, 6.07) is 10.1. The van der Waals surface area contributed by atoms with E-state index in [-0.39, 0.29) is 11.3 Å². The predicted molar refractivity (Wildman–Crippen MR) is 65.6 cm³/mol. The van der Waals surface area contributed by atoms with Gasteiger partial charge in [0, 0.05) is 10.0 Å². The van der Waals surface area contributed by atoms with Crippen molar-refractivity contribution in [2.45, 2.75) is 0 Å². The third kappa shape index (κ3) is 2.36. The highest BCUT2D eigenvalue weighted by Gasteiger charge is 2.16. The van der Waals surface area contributed by atoms with Crippen molar-refractivity contribution in [3.8, 4) is 5.75 Å². The lowest BCUT2D eigenvalue weighted by atomic mass is 10.0. The van der Waals surface area contributed by atoms with E-state index in [9.17, 15) is 14.3 Å². The first-order valence-corrected chi connectivity index (χ1v) is 5.66. The molecule has 1 N–H and O–H groups in total. The third-order valence-corrected chi connectivity index (χ3v) is 3.01. The monoisotopic (exact) mass is 294 g/mol. The first-order valence-electron chi connectivity index (χ1n) is 4.87. The van der Waals surface area contributed by atoms with Gasteiger partial charge in [0.2, 0.25) is 0 Å². The average molecular weight is 295 g/mol. The molecule has 0 unspecified atom stereocenters. The quantitative estimate of drug-likeness (QED) is 0.861. The summed E-state index contributed by atoms with van der Waals surface area (Å²) >= 11 is 3.24. The van der Waals surface area contributed by atoms with Crippen molar-refractivity contribution in [1.29, 1.82) is 0 Å². The van der Waals surface area contributed by atoms with E-state index in [1.54, 1.807) is 24.3 Å². The molecule has 2 rings (SSSR count). The molecule has 0 saturated carbocycles. The van der Waals surface area contributed by atoms with E-state index in [0.717, 1.165) is 12.1 Å². The molecule has 17 heavy (non-hydrogen) atoms. The van der Waals surface area contributed by atoms with Crippen molar-refractivity contribution in [2.24, 2.45) is 0 Å². The molecule has 0 heterocycles. The van der Waals surface area contributed by atoms with E-state index in [0.29, 0.717) is 10.0 Å². The number of carbonyl (C=O) groups excluding carboxylic acids is 1. The van der Waals surface area contributed by atoms with E-state index >= 15 is 0 Å². The number of aromatic hydroxyl groups is 1. The van der Waals surface area contributed by atoms with Crippen molar-refractivity contribution in [1.82, 2.24) is 0 Å². The van der Waals surface area contributed by atoms with Gasteiger partial charge in [-0.2, -0.15) is 0 Å². The van der Waals surface area contributed by atoms with Gasteiger partial charge in [-0.15, -0.1) is 0 Å². The summed E-state index contributed by atoms with van der Waals surface area (Å²) in [4.78, 5) is 12.1. The van der Waals surface area contributed by atoms with Crippen LogP contribution in [0.1, 0.15) is 15.9 Å². The molecule has 2 aromatic rings. The second-order valence-electron chi connectivity index (χ2n) is 3.47. The first kappa shape index (κ1) is 11.8. The van der Waals surface area contributed by atoms with Crippen LogP contribution < -0.4 is 0 Å². The van der Waals surface area contributed by atoms with Crippen LogP contribution in [0.5, 0.6) is 5.75 Å². The minimum absolute atomic E-state index is 0.0445. The summed E-state index contributed by atoms with van der Waals surface area (Å²) in [5.74, 6) is -1.21. The zero-order valence-corrected chi connectivity index (χ0v) is 10.2. The average Bonchev–Trinajstić information content (AvgIpc) is 2.32. The number of phenols is 1. The van der Waals surface area contributed by atoms with Gasteiger partial charge in [-0.05, 0) is 30.3 Å². The smallest absolute Gasteiger partial charge is 0.197 e. The molecule has 86 valence electrons. The number of hydrogen-bond donors (Lipinski definition) is 1. The lowest BCUT2D eigenvalue weighted by Crippen LogP contribution is -2.03. The third-order valence-electron chi connectivity index (χ3n) is 2.32. The fraction of sp³-hybridized carbons (Fsp3) is 0. The maximum Gasteiger partial charge on any atom is 0.197 e. The number of ketones is 1. The van der Waals surface area contributed by atoms with Gasteiger partial charge in [0.1, 0.15) is 11.6 Å². The fourth-order valence-electron chi connectivity index (χ4n) is 1.48. The molecule has 0 bridgehead atoms. The SMILES string of the molecule is O=C(c1cc(F)ccc1O)c1ccccc1Br.